The molecule has 0 saturated heterocycles. The molecular formula is C6Cl2F10. The van der Waals surface area contributed by atoms with E-state index in [-0.39, 0.29) is 0 Å². The Balaban J connectivity index is 5.88. The van der Waals surface area contributed by atoms with Crippen molar-refractivity contribution in [2.24, 2.45) is 0 Å². The fourth-order valence-corrected chi connectivity index (χ4v) is 0.869. The molecule has 0 spiro atoms. The first-order valence-corrected chi connectivity index (χ1v) is 4.27. The average molecular weight is 333 g/mol. The standard InChI is InChI=1S/C6Cl2F10/c7-4(14,6(8,17)18)5(15,16)3(12,13)1(9)2(10)11. The molecule has 0 heterocycles. The van der Waals surface area contributed by atoms with Crippen molar-refractivity contribution in [1.82, 2.24) is 0 Å². The highest BCUT2D eigenvalue weighted by atomic mass is 35.5. The molecule has 0 aliphatic rings. The van der Waals surface area contributed by atoms with Crippen molar-refractivity contribution in [3.8, 4) is 0 Å². The molecule has 12 heteroatoms. The summed E-state index contributed by atoms with van der Waals surface area (Å²) in [4.78, 5) is 0. The third-order valence-corrected chi connectivity index (χ3v) is 2.42. The second-order valence-electron chi connectivity index (χ2n) is 2.80. The Morgan fingerprint density at radius 2 is 1.06 bits per heavy atom. The molecule has 0 rings (SSSR count). The van der Waals surface area contributed by atoms with Gasteiger partial charge in [-0.25, -0.2) is 4.39 Å². The van der Waals surface area contributed by atoms with Crippen molar-refractivity contribution in [3.63, 3.8) is 0 Å². The molecule has 0 amide bonds. The normalized spacial score (nSPS) is 17.3. The Morgan fingerprint density at radius 1 is 0.722 bits per heavy atom. The number of allylic oxidation sites excluding steroid dienone is 1. The van der Waals surface area contributed by atoms with Crippen LogP contribution in [-0.2, 0) is 0 Å². The smallest absolute Gasteiger partial charge is 0.211 e. The maximum Gasteiger partial charge on any atom is 0.375 e. The molecule has 1 atom stereocenters. The van der Waals surface area contributed by atoms with Crippen LogP contribution in [0.3, 0.4) is 0 Å². The predicted molar refractivity (Wildman–Crippen MR) is 40.7 cm³/mol. The molecule has 0 aliphatic heterocycles. The number of hydrogen-bond acceptors (Lipinski definition) is 0. The van der Waals surface area contributed by atoms with E-state index in [0.29, 0.717) is 0 Å². The van der Waals surface area contributed by atoms with Crippen molar-refractivity contribution < 1.29 is 43.9 Å². The quantitative estimate of drug-likeness (QED) is 0.498. The van der Waals surface area contributed by atoms with Gasteiger partial charge in [0.15, 0.2) is 0 Å². The van der Waals surface area contributed by atoms with E-state index >= 15 is 0 Å². The Bertz CT molecular complexity index is 350. The second-order valence-corrected chi connectivity index (χ2v) is 3.79. The average Bonchev–Trinajstić information content (AvgIpc) is 2.13. The van der Waals surface area contributed by atoms with Gasteiger partial charge in [-0.15, -0.1) is 0 Å². The van der Waals surface area contributed by atoms with E-state index in [4.69, 9.17) is 0 Å². The molecule has 0 radical (unpaired) electrons. The van der Waals surface area contributed by atoms with Gasteiger partial charge in [0.1, 0.15) is 0 Å². The number of rotatable bonds is 4. The third-order valence-electron chi connectivity index (χ3n) is 1.59. The summed E-state index contributed by atoms with van der Waals surface area (Å²) in [5.41, 5.74) is 0. The van der Waals surface area contributed by atoms with Gasteiger partial charge in [-0.05, 0) is 11.6 Å². The first-order valence-electron chi connectivity index (χ1n) is 3.52. The van der Waals surface area contributed by atoms with Gasteiger partial charge >= 0.3 is 28.4 Å². The van der Waals surface area contributed by atoms with Crippen molar-refractivity contribution in [3.05, 3.63) is 11.9 Å². The van der Waals surface area contributed by atoms with E-state index in [2.05, 4.69) is 23.2 Å². The van der Waals surface area contributed by atoms with Crippen LogP contribution in [0.25, 0.3) is 0 Å². The van der Waals surface area contributed by atoms with Crippen molar-refractivity contribution >= 4 is 23.2 Å². The third kappa shape index (κ3) is 2.49. The van der Waals surface area contributed by atoms with Crippen LogP contribution in [0, 0.1) is 0 Å². The van der Waals surface area contributed by atoms with Gasteiger partial charge in [-0.3, -0.25) is 0 Å². The van der Waals surface area contributed by atoms with Gasteiger partial charge < -0.3 is 0 Å². The van der Waals surface area contributed by atoms with Crippen LogP contribution in [-0.4, -0.2) is 22.4 Å². The van der Waals surface area contributed by atoms with Gasteiger partial charge in [-0.1, -0.05) is 11.6 Å². The minimum atomic E-state index is -6.75. The fourth-order valence-electron chi connectivity index (χ4n) is 0.632. The summed E-state index contributed by atoms with van der Waals surface area (Å²) in [7, 11) is 0. The summed E-state index contributed by atoms with van der Waals surface area (Å²) in [5.74, 6) is -17.5. The maximum atomic E-state index is 12.7. The first kappa shape index (κ1) is 17.6. The Morgan fingerprint density at radius 3 is 1.28 bits per heavy atom. The summed E-state index contributed by atoms with van der Waals surface area (Å²) < 4.78 is 122. The minimum Gasteiger partial charge on any atom is -0.211 e. The second kappa shape index (κ2) is 4.62. The number of hydrogen-bond donors (Lipinski definition) is 0. The van der Waals surface area contributed by atoms with Crippen LogP contribution in [0.1, 0.15) is 0 Å². The molecule has 1 unspecified atom stereocenters. The predicted octanol–water partition coefficient (Wildman–Crippen LogP) is 5.07. The summed E-state index contributed by atoms with van der Waals surface area (Å²) in [6.45, 7) is 0. The number of halogens is 12. The SMILES string of the molecule is FC(F)=C(F)C(F)(F)C(F)(F)C(F)(Cl)C(F)(F)Cl. The molecule has 0 aromatic carbocycles. The zero-order chi connectivity index (χ0) is 15.2. The zero-order valence-electron chi connectivity index (χ0n) is 7.54. The summed E-state index contributed by atoms with van der Waals surface area (Å²) >= 11 is 7.54. The number of alkyl halides is 9. The minimum absolute atomic E-state index is 3.72. The highest BCUT2D eigenvalue weighted by Gasteiger charge is 2.80. The molecule has 0 nitrogen and oxygen atoms in total. The highest BCUT2D eigenvalue weighted by molar-refractivity contribution is 6.33. The van der Waals surface area contributed by atoms with Crippen LogP contribution in [0.2, 0.25) is 0 Å². The monoisotopic (exact) mass is 332 g/mol. The van der Waals surface area contributed by atoms with Crippen molar-refractivity contribution in [1.29, 1.82) is 0 Å². The van der Waals surface area contributed by atoms with Gasteiger partial charge in [0.25, 0.3) is 0 Å². The molecule has 0 bridgehead atoms. The van der Waals surface area contributed by atoms with E-state index in [1.165, 1.54) is 0 Å². The van der Waals surface area contributed by atoms with Crippen molar-refractivity contribution in [2.45, 2.75) is 22.4 Å². The molecule has 0 aromatic heterocycles. The van der Waals surface area contributed by atoms with E-state index in [1.807, 2.05) is 0 Å². The Hall–Kier alpha value is -0.380. The molecule has 108 valence electrons. The molecular weight excluding hydrogens is 333 g/mol. The van der Waals surface area contributed by atoms with Crippen LogP contribution >= 0.6 is 23.2 Å². The van der Waals surface area contributed by atoms with Crippen LogP contribution in [0.15, 0.2) is 11.9 Å². The van der Waals surface area contributed by atoms with Crippen LogP contribution in [0.5, 0.6) is 0 Å². The Labute approximate surface area is 102 Å². The highest BCUT2D eigenvalue weighted by Crippen LogP contribution is 2.57. The van der Waals surface area contributed by atoms with E-state index in [9.17, 15) is 43.9 Å². The Kier molecular flexibility index (Phi) is 4.52. The molecule has 0 aromatic rings. The summed E-state index contributed by atoms with van der Waals surface area (Å²) in [6, 6.07) is 0. The lowest BCUT2D eigenvalue weighted by Crippen LogP contribution is -2.60. The summed E-state index contributed by atoms with van der Waals surface area (Å²) in [5, 5.41) is -11.8. The van der Waals surface area contributed by atoms with Gasteiger partial charge in [0, 0.05) is 0 Å². The van der Waals surface area contributed by atoms with Crippen LogP contribution < -0.4 is 0 Å². The molecule has 0 N–H and O–H groups in total. The molecule has 0 saturated carbocycles. The van der Waals surface area contributed by atoms with Crippen molar-refractivity contribution in [2.75, 3.05) is 0 Å². The molecule has 18 heavy (non-hydrogen) atoms. The lowest BCUT2D eigenvalue weighted by Gasteiger charge is -2.34. The largest absolute Gasteiger partial charge is 0.375 e. The van der Waals surface area contributed by atoms with Gasteiger partial charge in [0.05, 0.1) is 0 Å². The zero-order valence-corrected chi connectivity index (χ0v) is 9.05. The van der Waals surface area contributed by atoms with Crippen LogP contribution in [0.4, 0.5) is 43.9 Å². The van der Waals surface area contributed by atoms with Gasteiger partial charge in [0.2, 0.25) is 5.83 Å². The van der Waals surface area contributed by atoms with Gasteiger partial charge in [-0.2, -0.15) is 39.5 Å². The lowest BCUT2D eigenvalue weighted by molar-refractivity contribution is -0.270. The topological polar surface area (TPSA) is 0 Å². The molecule has 0 aliphatic carbocycles. The summed E-state index contributed by atoms with van der Waals surface area (Å²) in [6.07, 6.45) is -3.95. The maximum absolute atomic E-state index is 12.7. The lowest BCUT2D eigenvalue weighted by atomic mass is 10.1. The first-order chi connectivity index (χ1) is 7.60. The fraction of sp³-hybridized carbons (Fsp3) is 0.667. The van der Waals surface area contributed by atoms with E-state index in [1.54, 1.807) is 0 Å². The van der Waals surface area contributed by atoms with E-state index < -0.39 is 34.3 Å². The molecule has 0 fully saturated rings. The van der Waals surface area contributed by atoms with E-state index in [0.717, 1.165) is 0 Å².